The highest BCUT2D eigenvalue weighted by molar-refractivity contribution is 6.21. The Hall–Kier alpha value is -2.56. The molecule has 0 amide bonds. The van der Waals surface area contributed by atoms with Crippen LogP contribution < -0.4 is 0 Å². The van der Waals surface area contributed by atoms with Crippen molar-refractivity contribution in [1.29, 1.82) is 0 Å². The molecule has 5 heteroatoms. The second-order valence-corrected chi connectivity index (χ2v) is 5.04. The first-order chi connectivity index (χ1) is 9.99. The van der Waals surface area contributed by atoms with Crippen LogP contribution in [0, 0.1) is 5.92 Å². The monoisotopic (exact) mass is 284 g/mol. The molecule has 0 atom stereocenters. The maximum atomic E-state index is 11.8. The molecule has 0 unspecified atom stereocenters. The number of nitrogens with zero attached hydrogens (tertiary/aromatic N) is 2. The Balaban J connectivity index is 2.19. The lowest BCUT2D eigenvalue weighted by molar-refractivity contribution is -0.111. The Labute approximate surface area is 123 Å². The molecule has 21 heavy (non-hydrogen) atoms. The predicted molar refractivity (Wildman–Crippen MR) is 78.8 cm³/mol. The zero-order valence-corrected chi connectivity index (χ0v) is 12.2. The van der Waals surface area contributed by atoms with Crippen molar-refractivity contribution in [2.75, 3.05) is 0 Å². The second-order valence-electron chi connectivity index (χ2n) is 5.04. The van der Waals surface area contributed by atoms with E-state index < -0.39 is 5.97 Å². The molecule has 1 aromatic heterocycles. The Bertz CT molecular complexity index is 655. The van der Waals surface area contributed by atoms with Gasteiger partial charge >= 0.3 is 5.97 Å². The summed E-state index contributed by atoms with van der Waals surface area (Å²) in [7, 11) is 0. The van der Waals surface area contributed by atoms with Crippen LogP contribution in [0.15, 0.2) is 53.0 Å². The standard InChI is InChI=1S/C16H16N2O3/c1-10(2)13-9-14(11(3)8-15(13)19)18-21-16(20)12-4-6-17-7-5-12/h4-10H,1-3H3. The molecule has 0 saturated carbocycles. The average molecular weight is 284 g/mol. The van der Waals surface area contributed by atoms with Crippen molar-refractivity contribution in [2.24, 2.45) is 11.1 Å². The Morgan fingerprint density at radius 1 is 1.24 bits per heavy atom. The number of pyridine rings is 1. The number of allylic oxidation sites excluding steroid dienone is 4. The molecule has 2 rings (SSSR count). The Kier molecular flexibility index (Phi) is 4.42. The van der Waals surface area contributed by atoms with E-state index >= 15 is 0 Å². The van der Waals surface area contributed by atoms with Gasteiger partial charge in [-0.05, 0) is 42.7 Å². The summed E-state index contributed by atoms with van der Waals surface area (Å²) >= 11 is 0. The first-order valence-electron chi connectivity index (χ1n) is 6.63. The largest absolute Gasteiger partial charge is 0.365 e. The molecule has 1 aliphatic rings. The number of rotatable bonds is 3. The maximum absolute atomic E-state index is 11.8. The highest BCUT2D eigenvalue weighted by atomic mass is 16.7. The van der Waals surface area contributed by atoms with Gasteiger partial charge < -0.3 is 4.84 Å². The lowest BCUT2D eigenvalue weighted by atomic mass is 9.90. The molecule has 0 spiro atoms. The van der Waals surface area contributed by atoms with Crippen molar-refractivity contribution in [1.82, 2.24) is 4.98 Å². The Morgan fingerprint density at radius 2 is 1.90 bits per heavy atom. The van der Waals surface area contributed by atoms with E-state index in [4.69, 9.17) is 4.84 Å². The van der Waals surface area contributed by atoms with Crippen LogP contribution in [0.5, 0.6) is 0 Å². The first-order valence-corrected chi connectivity index (χ1v) is 6.63. The molecule has 0 radical (unpaired) electrons. The topological polar surface area (TPSA) is 68.6 Å². The lowest BCUT2D eigenvalue weighted by Gasteiger charge is -2.14. The third-order valence-electron chi connectivity index (χ3n) is 3.09. The van der Waals surface area contributed by atoms with Gasteiger partial charge in [-0.3, -0.25) is 9.78 Å². The van der Waals surface area contributed by atoms with Crippen LogP contribution in [0.3, 0.4) is 0 Å². The van der Waals surface area contributed by atoms with E-state index in [9.17, 15) is 9.59 Å². The van der Waals surface area contributed by atoms with Crippen LogP contribution in [0.25, 0.3) is 0 Å². The van der Waals surface area contributed by atoms with E-state index in [0.29, 0.717) is 22.4 Å². The van der Waals surface area contributed by atoms with Crippen LogP contribution in [-0.2, 0) is 9.63 Å². The summed E-state index contributed by atoms with van der Waals surface area (Å²) < 4.78 is 0. The smallest absolute Gasteiger partial charge is 0.312 e. The number of hydrogen-bond donors (Lipinski definition) is 0. The van der Waals surface area contributed by atoms with Crippen molar-refractivity contribution < 1.29 is 14.4 Å². The molecule has 0 aromatic carbocycles. The molecule has 0 N–H and O–H groups in total. The number of carbonyl (C=O) groups excluding carboxylic acids is 2. The van der Waals surface area contributed by atoms with Crippen LogP contribution in [0.2, 0.25) is 0 Å². The number of ketones is 1. The van der Waals surface area contributed by atoms with Gasteiger partial charge in [0.25, 0.3) is 0 Å². The molecule has 0 aliphatic heterocycles. The van der Waals surface area contributed by atoms with Gasteiger partial charge in [0.05, 0.1) is 5.56 Å². The van der Waals surface area contributed by atoms with Crippen LogP contribution in [0.4, 0.5) is 0 Å². The van der Waals surface area contributed by atoms with E-state index in [0.717, 1.165) is 0 Å². The summed E-state index contributed by atoms with van der Waals surface area (Å²) in [5.41, 5.74) is 2.18. The first kappa shape index (κ1) is 14.8. The minimum atomic E-state index is -0.561. The van der Waals surface area contributed by atoms with Gasteiger partial charge in [0.15, 0.2) is 5.78 Å². The number of aromatic nitrogens is 1. The van der Waals surface area contributed by atoms with E-state index in [-0.39, 0.29) is 11.7 Å². The minimum Gasteiger partial charge on any atom is -0.312 e. The van der Waals surface area contributed by atoms with Crippen molar-refractivity contribution in [3.63, 3.8) is 0 Å². The number of hydrogen-bond acceptors (Lipinski definition) is 5. The van der Waals surface area contributed by atoms with E-state index in [1.807, 2.05) is 13.8 Å². The fraction of sp³-hybridized carbons (Fsp3) is 0.250. The second kappa shape index (κ2) is 6.26. The highest BCUT2D eigenvalue weighted by Gasteiger charge is 2.19. The van der Waals surface area contributed by atoms with Crippen molar-refractivity contribution in [3.05, 3.63) is 53.4 Å². The zero-order valence-electron chi connectivity index (χ0n) is 12.2. The SMILES string of the molecule is CC1=CC(=O)C(C(C)C)=CC1=NOC(=O)c1ccncc1. The van der Waals surface area contributed by atoms with E-state index in [1.54, 1.807) is 25.1 Å². The summed E-state index contributed by atoms with van der Waals surface area (Å²) in [6.45, 7) is 5.61. The van der Waals surface area contributed by atoms with Gasteiger partial charge in [-0.2, -0.15) is 0 Å². The van der Waals surface area contributed by atoms with Gasteiger partial charge in [0, 0.05) is 18.0 Å². The van der Waals surface area contributed by atoms with E-state index in [1.165, 1.54) is 18.5 Å². The quantitative estimate of drug-likeness (QED) is 0.486. The van der Waals surface area contributed by atoms with Crippen molar-refractivity contribution in [3.8, 4) is 0 Å². The van der Waals surface area contributed by atoms with Crippen LogP contribution >= 0.6 is 0 Å². The van der Waals surface area contributed by atoms with Gasteiger partial charge in [-0.1, -0.05) is 19.0 Å². The lowest BCUT2D eigenvalue weighted by Crippen LogP contribution is -2.16. The summed E-state index contributed by atoms with van der Waals surface area (Å²) in [5.74, 6) is -0.501. The molecule has 0 saturated heterocycles. The molecule has 0 fully saturated rings. The van der Waals surface area contributed by atoms with Gasteiger partial charge in [0.2, 0.25) is 0 Å². The van der Waals surface area contributed by atoms with Crippen molar-refractivity contribution in [2.45, 2.75) is 20.8 Å². The predicted octanol–water partition coefficient (Wildman–Crippen LogP) is 2.71. The molecule has 1 heterocycles. The summed E-state index contributed by atoms with van der Waals surface area (Å²) in [6, 6.07) is 3.09. The summed E-state index contributed by atoms with van der Waals surface area (Å²) in [6.07, 6.45) is 6.19. The fourth-order valence-corrected chi connectivity index (χ4v) is 1.87. The van der Waals surface area contributed by atoms with Gasteiger partial charge in [0.1, 0.15) is 5.71 Å². The van der Waals surface area contributed by atoms with Crippen molar-refractivity contribution >= 4 is 17.5 Å². The van der Waals surface area contributed by atoms with Gasteiger partial charge in [-0.25, -0.2) is 4.79 Å². The number of oxime groups is 1. The number of carbonyl (C=O) groups is 2. The van der Waals surface area contributed by atoms with Gasteiger partial charge in [-0.15, -0.1) is 0 Å². The summed E-state index contributed by atoms with van der Waals surface area (Å²) in [4.78, 5) is 32.4. The third-order valence-corrected chi connectivity index (χ3v) is 3.09. The molecule has 1 aliphatic carbocycles. The average Bonchev–Trinajstić information content (AvgIpc) is 2.46. The molecule has 1 aromatic rings. The molecule has 108 valence electrons. The van der Waals surface area contributed by atoms with E-state index in [2.05, 4.69) is 10.1 Å². The normalized spacial score (nSPS) is 16.8. The molecule has 0 bridgehead atoms. The van der Waals surface area contributed by atoms with Crippen LogP contribution in [-0.4, -0.2) is 22.4 Å². The van der Waals surface area contributed by atoms with Crippen LogP contribution in [0.1, 0.15) is 31.1 Å². The minimum absolute atomic E-state index is 0.0260. The maximum Gasteiger partial charge on any atom is 0.365 e. The fourth-order valence-electron chi connectivity index (χ4n) is 1.87. The molecular weight excluding hydrogens is 268 g/mol. The summed E-state index contributed by atoms with van der Waals surface area (Å²) in [5, 5.41) is 3.86. The highest BCUT2D eigenvalue weighted by Crippen LogP contribution is 2.19. The third kappa shape index (κ3) is 3.51. The molecule has 5 nitrogen and oxygen atoms in total. The Morgan fingerprint density at radius 3 is 2.52 bits per heavy atom. The molecular formula is C16H16N2O3. The zero-order chi connectivity index (χ0) is 15.4.